The van der Waals surface area contributed by atoms with Crippen LogP contribution in [0.3, 0.4) is 0 Å². The van der Waals surface area contributed by atoms with Gasteiger partial charge in [0.1, 0.15) is 6.33 Å². The summed E-state index contributed by atoms with van der Waals surface area (Å²) in [6.07, 6.45) is 4.91. The van der Waals surface area contributed by atoms with Crippen molar-refractivity contribution in [3.05, 3.63) is 90.5 Å². The van der Waals surface area contributed by atoms with E-state index in [-0.39, 0.29) is 0 Å². The third-order valence-corrected chi connectivity index (χ3v) is 5.27. The third-order valence-electron chi connectivity index (χ3n) is 5.27. The van der Waals surface area contributed by atoms with Crippen molar-refractivity contribution in [2.75, 3.05) is 27.2 Å². The summed E-state index contributed by atoms with van der Waals surface area (Å²) in [6, 6.07) is 23.2. The fourth-order valence-electron chi connectivity index (χ4n) is 3.73. The maximum Gasteiger partial charge on any atom is 0.100 e. The lowest BCUT2D eigenvalue weighted by Crippen LogP contribution is -2.27. The zero-order valence-corrected chi connectivity index (χ0v) is 17.8. The Balaban J connectivity index is 1.48. The number of nitrogens with zero attached hydrogens (tertiary/aromatic N) is 5. The largest absolute Gasteiger partial charge is 0.309 e. The highest BCUT2D eigenvalue weighted by Crippen LogP contribution is 2.19. The lowest BCUT2D eigenvalue weighted by Gasteiger charge is -2.23. The van der Waals surface area contributed by atoms with Crippen molar-refractivity contribution in [1.82, 2.24) is 24.3 Å². The van der Waals surface area contributed by atoms with Crippen molar-refractivity contribution in [2.45, 2.75) is 19.5 Å². The third kappa shape index (κ3) is 5.12. The first-order valence-electron chi connectivity index (χ1n) is 10.5. The Hall–Kier alpha value is -3.02. The summed E-state index contributed by atoms with van der Waals surface area (Å²) in [6.45, 7) is 3.91. The highest BCUT2D eigenvalue weighted by Gasteiger charge is 2.09. The Bertz CT molecular complexity index is 1050. The Morgan fingerprint density at radius 3 is 2.37 bits per heavy atom. The van der Waals surface area contributed by atoms with Gasteiger partial charge in [0.25, 0.3) is 0 Å². The molecule has 0 aliphatic rings. The Labute approximate surface area is 178 Å². The molecule has 2 aromatic carbocycles. The fraction of sp³-hybridized carbons (Fsp3) is 0.280. The Morgan fingerprint density at radius 2 is 1.60 bits per heavy atom. The number of hydrogen-bond acceptors (Lipinski definition) is 4. The SMILES string of the molecule is CN(C)CCCN(Cc1ccc(-n2cnc3ccccc32)cc1)Cc1ccccn1. The molecule has 0 aliphatic carbocycles. The maximum atomic E-state index is 4.52. The molecule has 0 bridgehead atoms. The van der Waals surface area contributed by atoms with E-state index in [1.54, 1.807) is 0 Å². The van der Waals surface area contributed by atoms with Crippen LogP contribution in [0.4, 0.5) is 0 Å². The first kappa shape index (κ1) is 20.3. The van der Waals surface area contributed by atoms with Gasteiger partial charge in [-0.1, -0.05) is 30.3 Å². The molecule has 0 saturated heterocycles. The predicted octanol–water partition coefficient (Wildman–Crippen LogP) is 4.37. The molecule has 4 aromatic rings. The first-order chi connectivity index (χ1) is 14.7. The molecule has 0 N–H and O–H groups in total. The highest BCUT2D eigenvalue weighted by molar-refractivity contribution is 5.77. The molecule has 0 fully saturated rings. The number of pyridine rings is 1. The summed E-state index contributed by atoms with van der Waals surface area (Å²) in [4.78, 5) is 13.7. The van der Waals surface area contributed by atoms with Gasteiger partial charge in [0, 0.05) is 31.5 Å². The summed E-state index contributed by atoms with van der Waals surface area (Å²) >= 11 is 0. The quantitative estimate of drug-likeness (QED) is 0.419. The van der Waals surface area contributed by atoms with Crippen molar-refractivity contribution in [2.24, 2.45) is 0 Å². The van der Waals surface area contributed by atoms with E-state index in [4.69, 9.17) is 0 Å². The van der Waals surface area contributed by atoms with Crippen molar-refractivity contribution in [3.63, 3.8) is 0 Å². The normalized spacial score (nSPS) is 11.6. The summed E-state index contributed by atoms with van der Waals surface area (Å²) in [5.74, 6) is 0. The molecule has 0 atom stereocenters. The minimum absolute atomic E-state index is 0.863. The van der Waals surface area contributed by atoms with Gasteiger partial charge in [-0.2, -0.15) is 0 Å². The second-order valence-electron chi connectivity index (χ2n) is 7.96. The molecular weight excluding hydrogens is 370 g/mol. The smallest absolute Gasteiger partial charge is 0.100 e. The lowest BCUT2D eigenvalue weighted by atomic mass is 10.1. The minimum atomic E-state index is 0.863. The van der Waals surface area contributed by atoms with Gasteiger partial charge < -0.3 is 4.90 Å². The van der Waals surface area contributed by atoms with Crippen LogP contribution < -0.4 is 0 Å². The van der Waals surface area contributed by atoms with Crippen molar-refractivity contribution in [3.8, 4) is 5.69 Å². The second-order valence-corrected chi connectivity index (χ2v) is 7.96. The fourth-order valence-corrected chi connectivity index (χ4v) is 3.73. The number of imidazole rings is 1. The summed E-state index contributed by atoms with van der Waals surface area (Å²) in [5.41, 5.74) is 5.71. The molecule has 4 rings (SSSR count). The molecular formula is C25H29N5. The first-order valence-corrected chi connectivity index (χ1v) is 10.5. The number of hydrogen-bond donors (Lipinski definition) is 0. The van der Waals surface area contributed by atoms with Gasteiger partial charge in [-0.15, -0.1) is 0 Å². The van der Waals surface area contributed by atoms with Gasteiger partial charge in [0.15, 0.2) is 0 Å². The number of para-hydroxylation sites is 2. The Kier molecular flexibility index (Phi) is 6.52. The molecule has 0 saturated carbocycles. The van der Waals surface area contributed by atoms with Crippen LogP contribution in [0.25, 0.3) is 16.7 Å². The zero-order valence-electron chi connectivity index (χ0n) is 17.8. The van der Waals surface area contributed by atoms with E-state index in [0.717, 1.165) is 55.0 Å². The van der Waals surface area contributed by atoms with Gasteiger partial charge in [0.2, 0.25) is 0 Å². The summed E-state index contributed by atoms with van der Waals surface area (Å²) < 4.78 is 2.14. The van der Waals surface area contributed by atoms with Crippen LogP contribution in [0, 0.1) is 0 Å². The molecule has 5 nitrogen and oxygen atoms in total. The van der Waals surface area contributed by atoms with E-state index >= 15 is 0 Å². The van der Waals surface area contributed by atoms with Crippen molar-refractivity contribution in [1.29, 1.82) is 0 Å². The molecule has 154 valence electrons. The highest BCUT2D eigenvalue weighted by atomic mass is 15.1. The van der Waals surface area contributed by atoms with Gasteiger partial charge in [0.05, 0.1) is 16.7 Å². The number of aromatic nitrogens is 3. The van der Waals surface area contributed by atoms with Crippen LogP contribution in [0.5, 0.6) is 0 Å². The average Bonchev–Trinajstić information content (AvgIpc) is 3.19. The maximum absolute atomic E-state index is 4.52. The van der Waals surface area contributed by atoms with E-state index < -0.39 is 0 Å². The predicted molar refractivity (Wildman–Crippen MR) is 123 cm³/mol. The van der Waals surface area contributed by atoms with E-state index in [2.05, 4.69) is 87.0 Å². The van der Waals surface area contributed by atoms with Crippen LogP contribution in [-0.2, 0) is 13.1 Å². The lowest BCUT2D eigenvalue weighted by molar-refractivity contribution is 0.237. The standard InChI is InChI=1S/C25H29N5/c1-28(2)16-7-17-29(19-22-8-5-6-15-26-22)18-21-11-13-23(14-12-21)30-20-27-24-9-3-4-10-25(24)30/h3-6,8-15,20H,7,16-19H2,1-2H3. The second kappa shape index (κ2) is 9.65. The number of rotatable bonds is 9. The van der Waals surface area contributed by atoms with E-state index in [9.17, 15) is 0 Å². The molecule has 2 aromatic heterocycles. The van der Waals surface area contributed by atoms with E-state index in [0.29, 0.717) is 0 Å². The van der Waals surface area contributed by atoms with Gasteiger partial charge >= 0.3 is 0 Å². The number of fused-ring (bicyclic) bond motifs is 1. The zero-order chi connectivity index (χ0) is 20.8. The molecule has 2 heterocycles. The van der Waals surface area contributed by atoms with E-state index in [1.807, 2.05) is 30.7 Å². The van der Waals surface area contributed by atoms with Crippen LogP contribution in [0.1, 0.15) is 17.7 Å². The van der Waals surface area contributed by atoms with E-state index in [1.165, 1.54) is 5.56 Å². The number of benzene rings is 2. The summed E-state index contributed by atoms with van der Waals surface area (Å²) in [7, 11) is 4.25. The van der Waals surface area contributed by atoms with Gasteiger partial charge in [-0.05, 0) is 69.0 Å². The monoisotopic (exact) mass is 399 g/mol. The molecule has 0 radical (unpaired) electrons. The molecule has 0 aliphatic heterocycles. The molecule has 0 amide bonds. The van der Waals surface area contributed by atoms with Gasteiger partial charge in [-0.25, -0.2) is 4.98 Å². The van der Waals surface area contributed by atoms with Crippen LogP contribution in [-0.4, -0.2) is 51.5 Å². The topological polar surface area (TPSA) is 37.2 Å². The van der Waals surface area contributed by atoms with Crippen molar-refractivity contribution < 1.29 is 0 Å². The molecule has 0 spiro atoms. The minimum Gasteiger partial charge on any atom is -0.309 e. The molecule has 0 unspecified atom stereocenters. The summed E-state index contributed by atoms with van der Waals surface area (Å²) in [5, 5.41) is 0. The van der Waals surface area contributed by atoms with Gasteiger partial charge in [-0.3, -0.25) is 14.5 Å². The average molecular weight is 400 g/mol. The Morgan fingerprint density at radius 1 is 0.800 bits per heavy atom. The van der Waals surface area contributed by atoms with Crippen LogP contribution in [0.15, 0.2) is 79.3 Å². The molecule has 30 heavy (non-hydrogen) atoms. The van der Waals surface area contributed by atoms with Crippen LogP contribution in [0.2, 0.25) is 0 Å². The van der Waals surface area contributed by atoms with Crippen molar-refractivity contribution >= 4 is 11.0 Å². The molecule has 5 heteroatoms. The van der Waals surface area contributed by atoms with Crippen LogP contribution >= 0.6 is 0 Å².